The maximum atomic E-state index is 12.3. The van der Waals surface area contributed by atoms with Crippen molar-refractivity contribution in [3.05, 3.63) is 89.5 Å². The molecule has 2 atom stereocenters. The molecule has 206 valence electrons. The molecule has 1 aliphatic rings. The third-order valence-electron chi connectivity index (χ3n) is 6.46. The van der Waals surface area contributed by atoms with Gasteiger partial charge in [-0.3, -0.25) is 0 Å². The van der Waals surface area contributed by atoms with E-state index in [2.05, 4.69) is 42.5 Å². The van der Waals surface area contributed by atoms with Crippen LogP contribution in [0.15, 0.2) is 72.8 Å². The highest BCUT2D eigenvalue weighted by Crippen LogP contribution is 2.32. The van der Waals surface area contributed by atoms with E-state index in [-0.39, 0.29) is 18.0 Å². The van der Waals surface area contributed by atoms with E-state index >= 15 is 0 Å². The molecule has 0 bridgehead atoms. The normalized spacial score (nSPS) is 18.3. The molecule has 0 aliphatic carbocycles. The van der Waals surface area contributed by atoms with Crippen molar-refractivity contribution in [2.75, 3.05) is 19.7 Å². The van der Waals surface area contributed by atoms with Crippen molar-refractivity contribution < 1.29 is 28.6 Å². The van der Waals surface area contributed by atoms with Gasteiger partial charge in [0.25, 0.3) is 0 Å². The molecule has 3 aromatic rings. The number of esters is 1. The van der Waals surface area contributed by atoms with E-state index in [1.807, 2.05) is 45.0 Å². The Bertz CT molecular complexity index is 1290. The van der Waals surface area contributed by atoms with Gasteiger partial charge in [0.2, 0.25) is 0 Å². The number of piperidine rings is 1. The maximum Gasteiger partial charge on any atom is 0.528 e. The molecule has 0 spiro atoms. The molecule has 1 saturated heterocycles. The standard InChI is InChI=1S/C32H37NO6/c1-5-36-30(34)17-13-23-10-15-26(16-11-23)28-18-19-33(39-31(35)38-32(2,3)4)21-29(28)37-22-24-12-14-25-8-6-7-9-27(25)20-24/h6-17,20,28-29H,5,18-19,21-22H2,1-4H3. The number of carbonyl (C=O) groups is 2. The van der Waals surface area contributed by atoms with Crippen molar-refractivity contribution in [1.82, 2.24) is 5.06 Å². The van der Waals surface area contributed by atoms with E-state index in [1.54, 1.807) is 18.1 Å². The second-order valence-corrected chi connectivity index (χ2v) is 10.6. The van der Waals surface area contributed by atoms with Crippen LogP contribution in [-0.4, -0.2) is 48.6 Å². The Labute approximate surface area is 230 Å². The number of hydroxylamine groups is 2. The second kappa shape index (κ2) is 12.9. The molecule has 7 nitrogen and oxygen atoms in total. The third-order valence-corrected chi connectivity index (χ3v) is 6.46. The molecule has 7 heteroatoms. The van der Waals surface area contributed by atoms with E-state index in [0.29, 0.717) is 26.3 Å². The molecule has 4 rings (SSSR count). The first-order chi connectivity index (χ1) is 18.7. The van der Waals surface area contributed by atoms with Gasteiger partial charge >= 0.3 is 12.1 Å². The van der Waals surface area contributed by atoms with Gasteiger partial charge in [0.15, 0.2) is 0 Å². The molecule has 39 heavy (non-hydrogen) atoms. The van der Waals surface area contributed by atoms with Crippen molar-refractivity contribution in [3.8, 4) is 0 Å². The fourth-order valence-electron chi connectivity index (χ4n) is 4.64. The highest BCUT2D eigenvalue weighted by atomic mass is 16.8. The highest BCUT2D eigenvalue weighted by Gasteiger charge is 2.34. The smallest absolute Gasteiger partial charge is 0.463 e. The van der Waals surface area contributed by atoms with Crippen molar-refractivity contribution in [1.29, 1.82) is 0 Å². The summed E-state index contributed by atoms with van der Waals surface area (Å²) in [6, 6.07) is 22.7. The average molecular weight is 532 g/mol. The summed E-state index contributed by atoms with van der Waals surface area (Å²) in [6.07, 6.45) is 2.98. The van der Waals surface area contributed by atoms with E-state index < -0.39 is 11.8 Å². The van der Waals surface area contributed by atoms with Gasteiger partial charge in [-0.05, 0) is 73.7 Å². The third kappa shape index (κ3) is 8.40. The van der Waals surface area contributed by atoms with E-state index in [9.17, 15) is 9.59 Å². The first-order valence-electron chi connectivity index (χ1n) is 13.4. The summed E-state index contributed by atoms with van der Waals surface area (Å²) in [6.45, 7) is 8.96. The zero-order valence-corrected chi connectivity index (χ0v) is 23.1. The Morgan fingerprint density at radius 3 is 2.46 bits per heavy atom. The largest absolute Gasteiger partial charge is 0.528 e. The van der Waals surface area contributed by atoms with Crippen LogP contribution < -0.4 is 0 Å². The highest BCUT2D eigenvalue weighted by molar-refractivity contribution is 5.87. The number of fused-ring (bicyclic) bond motifs is 1. The fraction of sp³-hybridized carbons (Fsp3) is 0.375. The molecule has 0 amide bonds. The SMILES string of the molecule is CCOC(=O)C=Cc1ccc(C2CCN(OC(=O)OC(C)(C)C)CC2OCc2ccc3ccccc3c2)cc1. The predicted octanol–water partition coefficient (Wildman–Crippen LogP) is 6.66. The summed E-state index contributed by atoms with van der Waals surface area (Å²) < 4.78 is 16.8. The lowest BCUT2D eigenvalue weighted by atomic mass is 9.87. The number of hydrogen-bond acceptors (Lipinski definition) is 7. The molecular formula is C32H37NO6. The average Bonchev–Trinajstić information content (AvgIpc) is 2.90. The van der Waals surface area contributed by atoms with Gasteiger partial charge in [-0.25, -0.2) is 9.59 Å². The Hall–Kier alpha value is -3.68. The van der Waals surface area contributed by atoms with Crippen molar-refractivity contribution in [2.24, 2.45) is 0 Å². The zero-order valence-electron chi connectivity index (χ0n) is 23.1. The van der Waals surface area contributed by atoms with Crippen LogP contribution in [0.3, 0.4) is 0 Å². The number of ether oxygens (including phenoxy) is 3. The molecule has 0 radical (unpaired) electrons. The topological polar surface area (TPSA) is 74.3 Å². The minimum atomic E-state index is -0.716. The molecule has 1 fully saturated rings. The molecule has 1 heterocycles. The minimum absolute atomic E-state index is 0.104. The van der Waals surface area contributed by atoms with Crippen LogP contribution in [-0.2, 0) is 30.4 Å². The van der Waals surface area contributed by atoms with Gasteiger partial charge in [0.1, 0.15) is 5.60 Å². The summed E-state index contributed by atoms with van der Waals surface area (Å²) in [5.74, 6) is -0.256. The van der Waals surface area contributed by atoms with Crippen LogP contribution in [0.5, 0.6) is 0 Å². The predicted molar refractivity (Wildman–Crippen MR) is 151 cm³/mol. The Balaban J connectivity index is 1.48. The second-order valence-electron chi connectivity index (χ2n) is 10.6. The Morgan fingerprint density at radius 2 is 1.74 bits per heavy atom. The van der Waals surface area contributed by atoms with Gasteiger partial charge in [-0.2, -0.15) is 0 Å². The number of carbonyl (C=O) groups excluding carboxylic acids is 2. The van der Waals surface area contributed by atoms with Crippen LogP contribution in [0.4, 0.5) is 4.79 Å². The quantitative estimate of drug-likeness (QED) is 0.238. The van der Waals surface area contributed by atoms with Crippen LogP contribution >= 0.6 is 0 Å². The van der Waals surface area contributed by atoms with Crippen LogP contribution in [0.2, 0.25) is 0 Å². The zero-order chi connectivity index (χ0) is 27.8. The van der Waals surface area contributed by atoms with Crippen molar-refractivity contribution in [2.45, 2.75) is 58.3 Å². The number of benzene rings is 3. The molecule has 1 aliphatic heterocycles. The number of rotatable bonds is 8. The molecular weight excluding hydrogens is 494 g/mol. The van der Waals surface area contributed by atoms with E-state index in [0.717, 1.165) is 23.1 Å². The molecule has 2 unspecified atom stereocenters. The summed E-state index contributed by atoms with van der Waals surface area (Å²) in [5.41, 5.74) is 2.48. The van der Waals surface area contributed by atoms with E-state index in [1.165, 1.54) is 16.8 Å². The Kier molecular flexibility index (Phi) is 9.38. The van der Waals surface area contributed by atoms with Gasteiger partial charge in [-0.15, -0.1) is 5.06 Å². The Morgan fingerprint density at radius 1 is 1.00 bits per heavy atom. The summed E-state index contributed by atoms with van der Waals surface area (Å²) in [7, 11) is 0. The van der Waals surface area contributed by atoms with E-state index in [4.69, 9.17) is 19.0 Å². The van der Waals surface area contributed by atoms with Crippen molar-refractivity contribution >= 4 is 29.0 Å². The lowest BCUT2D eigenvalue weighted by Crippen LogP contribution is -2.45. The van der Waals surface area contributed by atoms with Gasteiger partial charge in [0.05, 0.1) is 25.9 Å². The van der Waals surface area contributed by atoms with Gasteiger partial charge in [-0.1, -0.05) is 60.7 Å². The summed E-state index contributed by atoms with van der Waals surface area (Å²) in [5, 5.41) is 3.98. The fourth-order valence-corrected chi connectivity index (χ4v) is 4.64. The molecule has 0 aromatic heterocycles. The number of hydrogen-bond donors (Lipinski definition) is 0. The van der Waals surface area contributed by atoms with Crippen LogP contribution in [0.1, 0.15) is 56.7 Å². The monoisotopic (exact) mass is 531 g/mol. The molecule has 0 N–H and O–H groups in total. The van der Waals surface area contributed by atoms with Crippen molar-refractivity contribution in [3.63, 3.8) is 0 Å². The van der Waals surface area contributed by atoms with Gasteiger partial charge in [0, 0.05) is 18.5 Å². The molecule has 3 aromatic carbocycles. The first-order valence-corrected chi connectivity index (χ1v) is 13.4. The lowest BCUT2D eigenvalue weighted by molar-refractivity contribution is -0.179. The maximum absolute atomic E-state index is 12.3. The van der Waals surface area contributed by atoms with Crippen LogP contribution in [0.25, 0.3) is 16.8 Å². The minimum Gasteiger partial charge on any atom is -0.463 e. The lowest BCUT2D eigenvalue weighted by Gasteiger charge is -2.37. The van der Waals surface area contributed by atoms with Crippen LogP contribution in [0, 0.1) is 0 Å². The summed E-state index contributed by atoms with van der Waals surface area (Å²) in [4.78, 5) is 29.5. The first kappa shape index (κ1) is 28.3. The molecule has 0 saturated carbocycles. The summed E-state index contributed by atoms with van der Waals surface area (Å²) >= 11 is 0. The van der Waals surface area contributed by atoms with Gasteiger partial charge < -0.3 is 19.0 Å². The number of nitrogens with zero attached hydrogens (tertiary/aromatic N) is 1.